The van der Waals surface area contributed by atoms with Crippen LogP contribution in [-0.2, 0) is 26.2 Å². The Balaban J connectivity index is 2.39. The second-order valence-electron chi connectivity index (χ2n) is 7.97. The van der Waals surface area contributed by atoms with Crippen LogP contribution in [0.4, 0.5) is 5.69 Å². The Morgan fingerprint density at radius 2 is 1.64 bits per heavy atom. The molecule has 1 atom stereocenters. The van der Waals surface area contributed by atoms with E-state index >= 15 is 0 Å². The standard InChI is InChI=1S/C24H32IN3O4S/c1-5-15-26-24(30)22(6-2)27(16-19-9-7-18(3)8-10-19)23(29)17-28(33(4,31)32)21-13-11-20(25)12-14-21/h7-14,22H,5-6,15-17H2,1-4H3,(H,26,30). The third kappa shape index (κ3) is 7.99. The van der Waals surface area contributed by atoms with Gasteiger partial charge in [-0.05, 0) is 72.2 Å². The molecule has 0 fully saturated rings. The molecule has 2 amide bonds. The van der Waals surface area contributed by atoms with Gasteiger partial charge in [0.1, 0.15) is 12.6 Å². The Bertz CT molecular complexity index is 1040. The van der Waals surface area contributed by atoms with Gasteiger partial charge in [-0.2, -0.15) is 0 Å². The van der Waals surface area contributed by atoms with Crippen LogP contribution in [0, 0.1) is 10.5 Å². The largest absolute Gasteiger partial charge is 0.354 e. The molecule has 1 N–H and O–H groups in total. The Morgan fingerprint density at radius 1 is 1.03 bits per heavy atom. The number of rotatable bonds is 11. The van der Waals surface area contributed by atoms with E-state index in [0.717, 1.165) is 31.7 Å². The Morgan fingerprint density at radius 3 is 2.15 bits per heavy atom. The molecule has 1 unspecified atom stereocenters. The summed E-state index contributed by atoms with van der Waals surface area (Å²) in [6, 6.07) is 13.9. The van der Waals surface area contributed by atoms with E-state index in [9.17, 15) is 18.0 Å². The molecule has 7 nitrogen and oxygen atoms in total. The lowest BCUT2D eigenvalue weighted by molar-refractivity contribution is -0.140. The molecule has 180 valence electrons. The summed E-state index contributed by atoms with van der Waals surface area (Å²) in [6.45, 7) is 6.12. The summed E-state index contributed by atoms with van der Waals surface area (Å²) in [5, 5.41) is 2.87. The molecule has 2 aromatic carbocycles. The van der Waals surface area contributed by atoms with Crippen LogP contribution in [0.2, 0.25) is 0 Å². The van der Waals surface area contributed by atoms with Gasteiger partial charge in [0.15, 0.2) is 0 Å². The minimum absolute atomic E-state index is 0.210. The number of nitrogens with one attached hydrogen (secondary N) is 1. The molecule has 0 heterocycles. The Kier molecular flexibility index (Phi) is 10.2. The van der Waals surface area contributed by atoms with Crippen molar-refractivity contribution >= 4 is 50.1 Å². The minimum Gasteiger partial charge on any atom is -0.354 e. The van der Waals surface area contributed by atoms with Crippen molar-refractivity contribution in [1.29, 1.82) is 0 Å². The highest BCUT2D eigenvalue weighted by atomic mass is 127. The fraction of sp³-hybridized carbons (Fsp3) is 0.417. The quantitative estimate of drug-likeness (QED) is 0.408. The normalized spacial score (nSPS) is 12.2. The van der Waals surface area contributed by atoms with Gasteiger partial charge in [0.25, 0.3) is 0 Å². The van der Waals surface area contributed by atoms with E-state index < -0.39 is 22.0 Å². The van der Waals surface area contributed by atoms with Gasteiger partial charge >= 0.3 is 0 Å². The molecule has 33 heavy (non-hydrogen) atoms. The number of carbonyl (C=O) groups excluding carboxylic acids is 2. The van der Waals surface area contributed by atoms with Crippen molar-refractivity contribution in [3.63, 3.8) is 0 Å². The highest BCUT2D eigenvalue weighted by molar-refractivity contribution is 14.1. The van der Waals surface area contributed by atoms with E-state index in [1.807, 2.05) is 45.0 Å². The first kappa shape index (κ1) is 27.1. The number of halogens is 1. The molecule has 0 bridgehead atoms. The van der Waals surface area contributed by atoms with Crippen molar-refractivity contribution in [2.75, 3.05) is 23.7 Å². The fourth-order valence-corrected chi connectivity index (χ4v) is 4.61. The zero-order valence-electron chi connectivity index (χ0n) is 19.5. The number of hydrogen-bond donors (Lipinski definition) is 1. The van der Waals surface area contributed by atoms with Crippen LogP contribution in [0.15, 0.2) is 48.5 Å². The highest BCUT2D eigenvalue weighted by Gasteiger charge is 2.31. The number of anilines is 1. The van der Waals surface area contributed by atoms with Crippen LogP contribution in [0.3, 0.4) is 0 Å². The van der Waals surface area contributed by atoms with Crippen LogP contribution in [0.25, 0.3) is 0 Å². The van der Waals surface area contributed by atoms with E-state index in [1.165, 1.54) is 4.90 Å². The maximum Gasteiger partial charge on any atom is 0.244 e. The first-order valence-corrected chi connectivity index (χ1v) is 13.9. The SMILES string of the molecule is CCCNC(=O)C(CC)N(Cc1ccc(C)cc1)C(=O)CN(c1ccc(I)cc1)S(C)(=O)=O. The zero-order valence-corrected chi connectivity index (χ0v) is 22.5. The molecule has 2 rings (SSSR count). The second kappa shape index (κ2) is 12.4. The van der Waals surface area contributed by atoms with Crippen LogP contribution in [0.1, 0.15) is 37.8 Å². The molecule has 9 heteroatoms. The van der Waals surface area contributed by atoms with Gasteiger partial charge in [-0.3, -0.25) is 13.9 Å². The summed E-state index contributed by atoms with van der Waals surface area (Å²) in [7, 11) is -3.72. The Hall–Kier alpha value is -2.14. The molecule has 0 spiro atoms. The van der Waals surface area contributed by atoms with Gasteiger partial charge in [-0.25, -0.2) is 8.42 Å². The third-order valence-electron chi connectivity index (χ3n) is 5.20. The molecule has 0 aliphatic heterocycles. The molecule has 0 saturated heterocycles. The van der Waals surface area contributed by atoms with Crippen molar-refractivity contribution in [1.82, 2.24) is 10.2 Å². The predicted molar refractivity (Wildman–Crippen MR) is 140 cm³/mol. The maximum absolute atomic E-state index is 13.5. The summed E-state index contributed by atoms with van der Waals surface area (Å²) >= 11 is 2.14. The smallest absolute Gasteiger partial charge is 0.244 e. The molecule has 2 aromatic rings. The fourth-order valence-electron chi connectivity index (χ4n) is 3.40. The van der Waals surface area contributed by atoms with E-state index in [-0.39, 0.29) is 19.0 Å². The Labute approximate surface area is 210 Å². The summed E-state index contributed by atoms with van der Waals surface area (Å²) in [4.78, 5) is 27.9. The van der Waals surface area contributed by atoms with Crippen molar-refractivity contribution in [3.05, 3.63) is 63.2 Å². The van der Waals surface area contributed by atoms with Crippen LogP contribution < -0.4 is 9.62 Å². The van der Waals surface area contributed by atoms with Gasteiger partial charge in [0.2, 0.25) is 21.8 Å². The number of carbonyl (C=O) groups is 2. The molecule has 0 aliphatic rings. The lowest BCUT2D eigenvalue weighted by atomic mass is 10.1. The first-order valence-electron chi connectivity index (χ1n) is 10.9. The highest BCUT2D eigenvalue weighted by Crippen LogP contribution is 2.21. The summed E-state index contributed by atoms with van der Waals surface area (Å²) in [5.41, 5.74) is 2.37. The maximum atomic E-state index is 13.5. The van der Waals surface area contributed by atoms with Crippen molar-refractivity contribution in [2.24, 2.45) is 0 Å². The predicted octanol–water partition coefficient (Wildman–Crippen LogP) is 3.70. The average molecular weight is 586 g/mol. The monoisotopic (exact) mass is 585 g/mol. The lowest BCUT2D eigenvalue weighted by Crippen LogP contribution is -2.52. The number of benzene rings is 2. The number of hydrogen-bond acceptors (Lipinski definition) is 4. The second-order valence-corrected chi connectivity index (χ2v) is 11.1. The number of sulfonamides is 1. The molecule has 0 saturated carbocycles. The average Bonchev–Trinajstić information content (AvgIpc) is 2.77. The summed E-state index contributed by atoms with van der Waals surface area (Å²) in [5.74, 6) is -0.668. The van der Waals surface area contributed by atoms with Crippen molar-refractivity contribution in [3.8, 4) is 0 Å². The van der Waals surface area contributed by atoms with E-state index in [1.54, 1.807) is 24.3 Å². The topological polar surface area (TPSA) is 86.8 Å². The van der Waals surface area contributed by atoms with Crippen molar-refractivity contribution in [2.45, 2.75) is 46.2 Å². The van der Waals surface area contributed by atoms with Crippen LogP contribution in [-0.4, -0.2) is 50.5 Å². The molecular weight excluding hydrogens is 553 g/mol. The van der Waals surface area contributed by atoms with Crippen LogP contribution >= 0.6 is 22.6 Å². The zero-order chi connectivity index (χ0) is 24.6. The summed E-state index contributed by atoms with van der Waals surface area (Å²) < 4.78 is 27.2. The van der Waals surface area contributed by atoms with Gasteiger partial charge in [-0.15, -0.1) is 0 Å². The van der Waals surface area contributed by atoms with Crippen molar-refractivity contribution < 1.29 is 18.0 Å². The number of aryl methyl sites for hydroxylation is 1. The van der Waals surface area contributed by atoms with Gasteiger partial charge in [-0.1, -0.05) is 43.7 Å². The number of amides is 2. The number of nitrogens with zero attached hydrogens (tertiary/aromatic N) is 2. The molecule has 0 radical (unpaired) electrons. The third-order valence-corrected chi connectivity index (χ3v) is 7.06. The van der Waals surface area contributed by atoms with Gasteiger partial charge < -0.3 is 10.2 Å². The first-order chi connectivity index (χ1) is 15.6. The van der Waals surface area contributed by atoms with E-state index in [0.29, 0.717) is 18.7 Å². The molecular formula is C24H32IN3O4S. The van der Waals surface area contributed by atoms with E-state index in [2.05, 4.69) is 27.9 Å². The van der Waals surface area contributed by atoms with Gasteiger partial charge in [0, 0.05) is 16.7 Å². The van der Waals surface area contributed by atoms with Crippen LogP contribution in [0.5, 0.6) is 0 Å². The lowest BCUT2D eigenvalue weighted by Gasteiger charge is -2.33. The van der Waals surface area contributed by atoms with Gasteiger partial charge in [0.05, 0.1) is 11.9 Å². The minimum atomic E-state index is -3.72. The van der Waals surface area contributed by atoms with E-state index in [4.69, 9.17) is 0 Å². The molecule has 0 aromatic heterocycles. The molecule has 0 aliphatic carbocycles. The summed E-state index contributed by atoms with van der Waals surface area (Å²) in [6.07, 6.45) is 2.27.